The van der Waals surface area contributed by atoms with Gasteiger partial charge in [-0.25, -0.2) is 8.42 Å². The van der Waals surface area contributed by atoms with E-state index in [-0.39, 0.29) is 11.3 Å². The fraction of sp³-hybridized carbons (Fsp3) is 0.200. The second-order valence-corrected chi connectivity index (χ2v) is 10.3. The Morgan fingerprint density at radius 2 is 1.57 bits per heavy atom. The molecule has 0 saturated heterocycles. The third-order valence-corrected chi connectivity index (χ3v) is 7.20. The van der Waals surface area contributed by atoms with Crippen LogP contribution in [-0.2, 0) is 26.0 Å². The number of hydrogen-bond donors (Lipinski definition) is 1. The van der Waals surface area contributed by atoms with Gasteiger partial charge in [0.15, 0.2) is 0 Å². The molecule has 0 spiro atoms. The van der Waals surface area contributed by atoms with Crippen molar-refractivity contribution < 1.29 is 22.7 Å². The topological polar surface area (TPSA) is 96.0 Å². The van der Waals surface area contributed by atoms with Crippen molar-refractivity contribution in [1.29, 1.82) is 0 Å². The molecule has 0 aliphatic carbocycles. The van der Waals surface area contributed by atoms with Crippen LogP contribution in [0.25, 0.3) is 0 Å². The number of sulfonamides is 1. The minimum absolute atomic E-state index is 0.0404. The third kappa shape index (κ3) is 6.68. The molecule has 3 aromatic rings. The van der Waals surface area contributed by atoms with Gasteiger partial charge in [0, 0.05) is 30.6 Å². The molecule has 3 rings (SSSR count). The van der Waals surface area contributed by atoms with Crippen molar-refractivity contribution in [3.63, 3.8) is 0 Å². The highest BCUT2D eigenvalue weighted by atomic mass is 79.9. The van der Waals surface area contributed by atoms with Gasteiger partial charge in [-0.05, 0) is 54.1 Å². The maximum atomic E-state index is 13.7. The van der Waals surface area contributed by atoms with E-state index in [1.54, 1.807) is 50.6 Å². The number of carbonyl (C=O) groups is 2. The standard InChI is InChI=1S/C25H26BrN3O5S/c1-18(30)29(27-35(32,33)23-15-9-20(26)10-16-23)24(17-19-7-5-4-6-8-19)25(31)28(2)21-11-13-22(34-3)14-12-21/h4-16,24,27H,17H2,1-3H3/t24-/m0/s1. The zero-order valence-corrected chi connectivity index (χ0v) is 21.9. The number of nitrogens with one attached hydrogen (secondary N) is 1. The molecule has 0 aromatic heterocycles. The van der Waals surface area contributed by atoms with Crippen LogP contribution in [0.15, 0.2) is 88.2 Å². The van der Waals surface area contributed by atoms with Gasteiger partial charge in [0.05, 0.1) is 12.0 Å². The lowest BCUT2D eigenvalue weighted by molar-refractivity contribution is -0.139. The Balaban J connectivity index is 1.98. The Kier molecular flexibility index (Phi) is 8.66. The Labute approximate surface area is 213 Å². The summed E-state index contributed by atoms with van der Waals surface area (Å²) in [5.41, 5.74) is 1.33. The highest BCUT2D eigenvalue weighted by molar-refractivity contribution is 9.10. The number of hydrazine groups is 1. The Hall–Kier alpha value is -3.21. The Morgan fingerprint density at radius 3 is 2.11 bits per heavy atom. The molecule has 10 heteroatoms. The summed E-state index contributed by atoms with van der Waals surface area (Å²) in [4.78, 5) is 30.0. The van der Waals surface area contributed by atoms with Crippen molar-refractivity contribution in [2.24, 2.45) is 0 Å². The SMILES string of the molecule is COc1ccc(N(C)C(=O)[C@H](Cc2ccccc2)N(NS(=O)(=O)c2ccc(Br)cc2)C(C)=O)cc1. The molecule has 0 unspecified atom stereocenters. The van der Waals surface area contributed by atoms with E-state index in [1.165, 1.54) is 24.0 Å². The maximum absolute atomic E-state index is 13.7. The predicted molar refractivity (Wildman–Crippen MR) is 137 cm³/mol. The summed E-state index contributed by atoms with van der Waals surface area (Å²) in [6.45, 7) is 1.21. The van der Waals surface area contributed by atoms with E-state index >= 15 is 0 Å². The number of carbonyl (C=O) groups excluding carboxylic acids is 2. The number of nitrogens with zero attached hydrogens (tertiary/aromatic N) is 2. The van der Waals surface area contributed by atoms with Crippen molar-refractivity contribution in [3.05, 3.63) is 88.9 Å². The predicted octanol–water partition coefficient (Wildman–Crippen LogP) is 3.77. The summed E-state index contributed by atoms with van der Waals surface area (Å²) < 4.78 is 32.1. The molecule has 0 heterocycles. The summed E-state index contributed by atoms with van der Waals surface area (Å²) >= 11 is 3.27. The van der Waals surface area contributed by atoms with Crippen LogP contribution in [0.5, 0.6) is 5.75 Å². The monoisotopic (exact) mass is 559 g/mol. The highest BCUT2D eigenvalue weighted by Crippen LogP contribution is 2.22. The molecule has 0 aliphatic rings. The first kappa shape index (κ1) is 26.4. The van der Waals surface area contributed by atoms with E-state index < -0.39 is 27.9 Å². The third-order valence-electron chi connectivity index (χ3n) is 5.34. The quantitative estimate of drug-likeness (QED) is 0.402. The van der Waals surface area contributed by atoms with Crippen molar-refractivity contribution in [1.82, 2.24) is 9.84 Å². The molecule has 0 fully saturated rings. The molecule has 3 aromatic carbocycles. The van der Waals surface area contributed by atoms with Gasteiger partial charge in [-0.15, -0.1) is 4.83 Å². The molecule has 1 atom stereocenters. The molecular weight excluding hydrogens is 534 g/mol. The van der Waals surface area contributed by atoms with Crippen LogP contribution in [0.3, 0.4) is 0 Å². The highest BCUT2D eigenvalue weighted by Gasteiger charge is 2.34. The van der Waals surface area contributed by atoms with Gasteiger partial charge in [0.25, 0.3) is 15.9 Å². The lowest BCUT2D eigenvalue weighted by atomic mass is 10.0. The lowest BCUT2D eigenvalue weighted by Gasteiger charge is -2.33. The van der Waals surface area contributed by atoms with Gasteiger partial charge in [-0.3, -0.25) is 14.6 Å². The number of anilines is 1. The van der Waals surface area contributed by atoms with Crippen molar-refractivity contribution in [2.45, 2.75) is 24.3 Å². The van der Waals surface area contributed by atoms with Gasteiger partial charge >= 0.3 is 0 Å². The van der Waals surface area contributed by atoms with Crippen LogP contribution in [0, 0.1) is 0 Å². The number of methoxy groups -OCH3 is 1. The van der Waals surface area contributed by atoms with Gasteiger partial charge in [-0.2, -0.15) is 0 Å². The Bertz CT molecular complexity index is 1270. The summed E-state index contributed by atoms with van der Waals surface area (Å²) in [6.07, 6.45) is 0.0998. The van der Waals surface area contributed by atoms with E-state index in [4.69, 9.17) is 4.74 Å². The van der Waals surface area contributed by atoms with Crippen LogP contribution < -0.4 is 14.5 Å². The van der Waals surface area contributed by atoms with Crippen molar-refractivity contribution in [2.75, 3.05) is 19.1 Å². The molecule has 2 amide bonds. The van der Waals surface area contributed by atoms with Crippen LogP contribution in [0.4, 0.5) is 5.69 Å². The summed E-state index contributed by atoms with van der Waals surface area (Å²) in [7, 11) is -1.03. The lowest BCUT2D eigenvalue weighted by Crippen LogP contribution is -2.57. The minimum Gasteiger partial charge on any atom is -0.497 e. The summed E-state index contributed by atoms with van der Waals surface area (Å²) in [6, 6.07) is 20.8. The second kappa shape index (κ2) is 11.5. The number of ether oxygens (including phenoxy) is 1. The smallest absolute Gasteiger partial charge is 0.257 e. The van der Waals surface area contributed by atoms with Crippen LogP contribution in [-0.4, -0.2) is 45.4 Å². The number of halogens is 1. The van der Waals surface area contributed by atoms with E-state index in [1.807, 2.05) is 30.3 Å². The zero-order valence-electron chi connectivity index (χ0n) is 19.5. The van der Waals surface area contributed by atoms with Gasteiger partial charge in [0.2, 0.25) is 5.91 Å². The number of likely N-dealkylation sites (N-methyl/N-ethyl adjacent to an activating group) is 1. The first-order valence-corrected chi connectivity index (χ1v) is 12.9. The van der Waals surface area contributed by atoms with E-state index in [9.17, 15) is 18.0 Å². The molecule has 184 valence electrons. The molecule has 0 bridgehead atoms. The van der Waals surface area contributed by atoms with Crippen molar-refractivity contribution >= 4 is 43.5 Å². The molecule has 8 nitrogen and oxygen atoms in total. The van der Waals surface area contributed by atoms with Crippen LogP contribution in [0.2, 0.25) is 0 Å². The van der Waals surface area contributed by atoms with Gasteiger partial charge in [-0.1, -0.05) is 46.3 Å². The Morgan fingerprint density at radius 1 is 0.971 bits per heavy atom. The largest absolute Gasteiger partial charge is 0.497 e. The van der Waals surface area contributed by atoms with Crippen LogP contribution in [0.1, 0.15) is 12.5 Å². The van der Waals surface area contributed by atoms with Crippen LogP contribution >= 0.6 is 15.9 Å². The van der Waals surface area contributed by atoms with E-state index in [0.717, 1.165) is 10.6 Å². The van der Waals surface area contributed by atoms with Crippen molar-refractivity contribution in [3.8, 4) is 5.75 Å². The van der Waals surface area contributed by atoms with E-state index in [2.05, 4.69) is 20.8 Å². The minimum atomic E-state index is -4.14. The number of benzene rings is 3. The average molecular weight is 560 g/mol. The number of hydrogen-bond acceptors (Lipinski definition) is 5. The first-order chi connectivity index (χ1) is 16.6. The number of amides is 2. The zero-order chi connectivity index (χ0) is 25.6. The molecule has 1 N–H and O–H groups in total. The second-order valence-electron chi connectivity index (χ2n) is 7.74. The maximum Gasteiger partial charge on any atom is 0.257 e. The fourth-order valence-corrected chi connectivity index (χ4v) is 4.81. The first-order valence-electron chi connectivity index (χ1n) is 10.7. The fourth-order valence-electron chi connectivity index (χ4n) is 3.43. The number of rotatable bonds is 9. The molecule has 0 radical (unpaired) electrons. The average Bonchev–Trinajstić information content (AvgIpc) is 2.86. The molecular formula is C25H26BrN3O5S. The molecule has 0 aliphatic heterocycles. The molecule has 0 saturated carbocycles. The normalized spacial score (nSPS) is 12.0. The summed E-state index contributed by atoms with van der Waals surface area (Å²) in [5, 5.41) is 0.882. The van der Waals surface area contributed by atoms with Gasteiger partial charge < -0.3 is 9.64 Å². The molecule has 35 heavy (non-hydrogen) atoms. The van der Waals surface area contributed by atoms with E-state index in [0.29, 0.717) is 15.9 Å². The summed E-state index contributed by atoms with van der Waals surface area (Å²) in [5.74, 6) is -0.459. The van der Waals surface area contributed by atoms with Gasteiger partial charge in [0.1, 0.15) is 11.8 Å².